The second kappa shape index (κ2) is 15.0. The summed E-state index contributed by atoms with van der Waals surface area (Å²) in [5.74, 6) is 1.73. The van der Waals surface area contributed by atoms with E-state index in [1.54, 1.807) is 7.05 Å². The molecule has 0 unspecified atom stereocenters. The van der Waals surface area contributed by atoms with Gasteiger partial charge < -0.3 is 20.1 Å². The van der Waals surface area contributed by atoms with Crippen LogP contribution in [0.5, 0.6) is 5.75 Å². The summed E-state index contributed by atoms with van der Waals surface area (Å²) in [7, 11) is 1.80. The summed E-state index contributed by atoms with van der Waals surface area (Å²) in [4.78, 5) is 6.70. The first-order chi connectivity index (χ1) is 14.8. The van der Waals surface area contributed by atoms with Crippen molar-refractivity contribution >= 4 is 29.9 Å². The zero-order chi connectivity index (χ0) is 20.9. The molecule has 0 atom stereocenters. The molecule has 0 amide bonds. The Labute approximate surface area is 203 Å². The van der Waals surface area contributed by atoms with E-state index in [0.717, 1.165) is 63.9 Å². The van der Waals surface area contributed by atoms with E-state index in [9.17, 15) is 0 Å². The monoisotopic (exact) mass is 538 g/mol. The number of aryl methyl sites for hydroxylation is 1. The van der Waals surface area contributed by atoms with Crippen LogP contribution in [0.2, 0.25) is 0 Å². The summed E-state index contributed by atoms with van der Waals surface area (Å²) in [6, 6.07) is 18.8. The summed E-state index contributed by atoms with van der Waals surface area (Å²) in [6.45, 7) is 6.85. The van der Waals surface area contributed by atoms with Gasteiger partial charge in [-0.25, -0.2) is 0 Å². The average Bonchev–Trinajstić information content (AvgIpc) is 2.80. The fourth-order valence-electron chi connectivity index (χ4n) is 3.41. The minimum absolute atomic E-state index is 0. The molecule has 1 heterocycles. The van der Waals surface area contributed by atoms with Gasteiger partial charge in [-0.1, -0.05) is 42.5 Å². The maximum atomic E-state index is 5.95. The van der Waals surface area contributed by atoms with Crippen LogP contribution in [0.1, 0.15) is 17.5 Å². The molecule has 0 saturated carbocycles. The minimum Gasteiger partial charge on any atom is -0.492 e. The number of nitrogens with zero attached hydrogens (tertiary/aromatic N) is 2. The van der Waals surface area contributed by atoms with Crippen LogP contribution in [0.4, 0.5) is 0 Å². The van der Waals surface area contributed by atoms with Gasteiger partial charge in [0.1, 0.15) is 12.4 Å². The lowest BCUT2D eigenvalue weighted by molar-refractivity contribution is 0.0322. The van der Waals surface area contributed by atoms with Gasteiger partial charge in [-0.3, -0.25) is 9.89 Å². The van der Waals surface area contributed by atoms with Gasteiger partial charge in [0, 0.05) is 39.8 Å². The smallest absolute Gasteiger partial charge is 0.191 e. The van der Waals surface area contributed by atoms with Gasteiger partial charge in [-0.2, -0.15) is 0 Å². The second-order valence-electron chi connectivity index (χ2n) is 7.39. The number of halogens is 1. The van der Waals surface area contributed by atoms with Crippen molar-refractivity contribution in [1.29, 1.82) is 0 Å². The molecule has 3 rings (SSSR count). The summed E-state index contributed by atoms with van der Waals surface area (Å²) < 4.78 is 11.3. The van der Waals surface area contributed by atoms with E-state index in [4.69, 9.17) is 9.47 Å². The lowest BCUT2D eigenvalue weighted by Gasteiger charge is -2.26. The summed E-state index contributed by atoms with van der Waals surface area (Å²) in [6.07, 6.45) is 2.13. The first-order valence-corrected chi connectivity index (χ1v) is 10.8. The van der Waals surface area contributed by atoms with E-state index in [1.165, 1.54) is 11.1 Å². The van der Waals surface area contributed by atoms with Gasteiger partial charge in [0.05, 0.1) is 13.2 Å². The van der Waals surface area contributed by atoms with Gasteiger partial charge in [-0.05, 0) is 36.1 Å². The van der Waals surface area contributed by atoms with E-state index in [-0.39, 0.29) is 24.0 Å². The van der Waals surface area contributed by atoms with Crippen molar-refractivity contribution in [2.24, 2.45) is 4.99 Å². The molecule has 31 heavy (non-hydrogen) atoms. The number of rotatable bonds is 10. The second-order valence-corrected chi connectivity index (χ2v) is 7.39. The number of morpholine rings is 1. The van der Waals surface area contributed by atoms with Gasteiger partial charge >= 0.3 is 0 Å². The van der Waals surface area contributed by atoms with Crippen LogP contribution in [0.25, 0.3) is 0 Å². The van der Waals surface area contributed by atoms with E-state index >= 15 is 0 Å². The molecule has 0 spiro atoms. The van der Waals surface area contributed by atoms with E-state index in [2.05, 4.69) is 63.0 Å². The molecule has 2 aromatic rings. The number of guanidine groups is 1. The fourth-order valence-corrected chi connectivity index (χ4v) is 3.41. The SMILES string of the molecule is CN=C(NCCCc1ccccc1)NCc1cccc(OCCN2CCOCC2)c1.I. The average molecular weight is 538 g/mol. The molecule has 6 nitrogen and oxygen atoms in total. The maximum Gasteiger partial charge on any atom is 0.191 e. The van der Waals surface area contributed by atoms with Crippen molar-refractivity contribution in [3.8, 4) is 5.75 Å². The molecular weight excluding hydrogens is 503 g/mol. The van der Waals surface area contributed by atoms with Crippen molar-refractivity contribution in [1.82, 2.24) is 15.5 Å². The molecule has 0 aliphatic carbocycles. The first kappa shape index (κ1) is 25.4. The third-order valence-electron chi connectivity index (χ3n) is 5.14. The Kier molecular flexibility index (Phi) is 12.3. The molecule has 1 aliphatic heterocycles. The summed E-state index contributed by atoms with van der Waals surface area (Å²) in [5, 5.41) is 6.77. The molecule has 1 saturated heterocycles. The quantitative estimate of drug-likeness (QED) is 0.211. The van der Waals surface area contributed by atoms with Crippen molar-refractivity contribution in [3.05, 3.63) is 65.7 Å². The Bertz CT molecular complexity index is 767. The maximum absolute atomic E-state index is 5.95. The van der Waals surface area contributed by atoms with Gasteiger partial charge in [0.25, 0.3) is 0 Å². The van der Waals surface area contributed by atoms with Crippen LogP contribution < -0.4 is 15.4 Å². The molecule has 0 aromatic heterocycles. The Morgan fingerprint density at radius 1 is 1.03 bits per heavy atom. The largest absolute Gasteiger partial charge is 0.492 e. The van der Waals surface area contributed by atoms with Crippen molar-refractivity contribution in [3.63, 3.8) is 0 Å². The van der Waals surface area contributed by atoms with Crippen molar-refractivity contribution < 1.29 is 9.47 Å². The highest BCUT2D eigenvalue weighted by Crippen LogP contribution is 2.13. The number of ether oxygens (including phenoxy) is 2. The topological polar surface area (TPSA) is 58.1 Å². The van der Waals surface area contributed by atoms with E-state index < -0.39 is 0 Å². The fraction of sp³-hybridized carbons (Fsp3) is 0.458. The Balaban J connectivity index is 0.00000341. The van der Waals surface area contributed by atoms with Crippen molar-refractivity contribution in [2.75, 3.05) is 53.0 Å². The lowest BCUT2D eigenvalue weighted by atomic mass is 10.1. The molecule has 7 heteroatoms. The zero-order valence-electron chi connectivity index (χ0n) is 18.4. The highest BCUT2D eigenvalue weighted by atomic mass is 127. The third kappa shape index (κ3) is 9.88. The highest BCUT2D eigenvalue weighted by molar-refractivity contribution is 14.0. The molecule has 0 radical (unpaired) electrons. The van der Waals surface area contributed by atoms with E-state index in [1.807, 2.05) is 12.1 Å². The first-order valence-electron chi connectivity index (χ1n) is 10.8. The molecular formula is C24H35IN4O2. The normalized spacial score (nSPS) is 14.5. The predicted octanol–water partition coefficient (Wildman–Crippen LogP) is 3.31. The van der Waals surface area contributed by atoms with Crippen LogP contribution in [-0.4, -0.2) is 63.9 Å². The van der Waals surface area contributed by atoms with Crippen LogP contribution in [0.15, 0.2) is 59.6 Å². The van der Waals surface area contributed by atoms with Gasteiger partial charge in [-0.15, -0.1) is 24.0 Å². The summed E-state index contributed by atoms with van der Waals surface area (Å²) >= 11 is 0. The number of hydrogen-bond donors (Lipinski definition) is 2. The predicted molar refractivity (Wildman–Crippen MR) is 138 cm³/mol. The molecule has 0 bridgehead atoms. The molecule has 2 aromatic carbocycles. The molecule has 1 fully saturated rings. The van der Waals surface area contributed by atoms with Crippen LogP contribution in [0.3, 0.4) is 0 Å². The minimum atomic E-state index is 0. The van der Waals surface area contributed by atoms with Crippen LogP contribution in [-0.2, 0) is 17.7 Å². The third-order valence-corrected chi connectivity index (χ3v) is 5.14. The Morgan fingerprint density at radius 3 is 2.58 bits per heavy atom. The number of hydrogen-bond acceptors (Lipinski definition) is 4. The zero-order valence-corrected chi connectivity index (χ0v) is 20.7. The standard InChI is InChI=1S/C24H34N4O2.HI/c1-25-24(26-12-6-10-21-7-3-2-4-8-21)27-20-22-9-5-11-23(19-22)30-18-15-28-13-16-29-17-14-28;/h2-5,7-9,11,19H,6,10,12-18,20H2,1H3,(H2,25,26,27);1H. The Hall–Kier alpha value is -1.84. The van der Waals surface area contributed by atoms with Crippen LogP contribution >= 0.6 is 24.0 Å². The molecule has 170 valence electrons. The lowest BCUT2D eigenvalue weighted by Crippen LogP contribution is -2.38. The van der Waals surface area contributed by atoms with Gasteiger partial charge in [0.2, 0.25) is 0 Å². The highest BCUT2D eigenvalue weighted by Gasteiger charge is 2.09. The number of benzene rings is 2. The Morgan fingerprint density at radius 2 is 1.81 bits per heavy atom. The molecule has 1 aliphatic rings. The molecule has 2 N–H and O–H groups in total. The van der Waals surface area contributed by atoms with Gasteiger partial charge in [0.15, 0.2) is 5.96 Å². The van der Waals surface area contributed by atoms with Crippen molar-refractivity contribution in [2.45, 2.75) is 19.4 Å². The summed E-state index contributed by atoms with van der Waals surface area (Å²) in [5.41, 5.74) is 2.54. The van der Waals surface area contributed by atoms with E-state index in [0.29, 0.717) is 13.2 Å². The number of aliphatic imine (C=N–C) groups is 1. The van der Waals surface area contributed by atoms with Crippen LogP contribution in [0, 0.1) is 0 Å². The number of nitrogens with one attached hydrogen (secondary N) is 2.